The molecule has 0 radical (unpaired) electrons. The lowest BCUT2D eigenvalue weighted by atomic mass is 10.5. The van der Waals surface area contributed by atoms with E-state index in [1.54, 1.807) is 6.20 Å². The molecule has 0 spiro atoms. The molecule has 0 bridgehead atoms. The average molecular weight is 126 g/mol. The monoisotopic (exact) mass is 126 g/mol. The molecular weight excluding hydrogens is 112 g/mol. The third-order valence-corrected chi connectivity index (χ3v) is 1.04. The van der Waals surface area contributed by atoms with E-state index in [-0.39, 0.29) is 7.43 Å². The van der Waals surface area contributed by atoms with Gasteiger partial charge < -0.3 is 4.57 Å². The second kappa shape index (κ2) is 4.13. The van der Waals surface area contributed by atoms with Crippen LogP contribution in [0.15, 0.2) is 18.7 Å². The van der Waals surface area contributed by atoms with Crippen LogP contribution in [0.25, 0.3) is 0 Å². The zero-order chi connectivity index (χ0) is 5.82. The van der Waals surface area contributed by atoms with Crippen molar-refractivity contribution in [2.75, 3.05) is 0 Å². The molecule has 0 saturated heterocycles. The highest BCUT2D eigenvalue weighted by Gasteiger charge is 1.81. The van der Waals surface area contributed by atoms with Gasteiger partial charge in [-0.15, -0.1) is 0 Å². The van der Waals surface area contributed by atoms with Gasteiger partial charge in [0.15, 0.2) is 0 Å². The fraction of sp³-hybridized carbons (Fsp3) is 0.571. The molecule has 1 rings (SSSR count). The maximum atomic E-state index is 3.90. The van der Waals surface area contributed by atoms with Crippen LogP contribution < -0.4 is 0 Å². The van der Waals surface area contributed by atoms with Crippen LogP contribution in [-0.4, -0.2) is 9.55 Å². The van der Waals surface area contributed by atoms with Gasteiger partial charge in [-0.05, 0) is 6.42 Å². The second-order valence-electron chi connectivity index (χ2n) is 1.80. The number of imidazole rings is 1. The predicted molar refractivity (Wildman–Crippen MR) is 39.2 cm³/mol. The van der Waals surface area contributed by atoms with Crippen molar-refractivity contribution in [1.82, 2.24) is 9.55 Å². The number of rotatable bonds is 2. The van der Waals surface area contributed by atoms with E-state index >= 15 is 0 Å². The Balaban J connectivity index is 0.000000640. The van der Waals surface area contributed by atoms with Crippen molar-refractivity contribution in [1.29, 1.82) is 0 Å². The summed E-state index contributed by atoms with van der Waals surface area (Å²) in [4.78, 5) is 3.90. The summed E-state index contributed by atoms with van der Waals surface area (Å²) >= 11 is 0. The molecule has 0 saturated carbocycles. The quantitative estimate of drug-likeness (QED) is 0.592. The fourth-order valence-corrected chi connectivity index (χ4v) is 0.677. The maximum Gasteiger partial charge on any atom is 0.0945 e. The first kappa shape index (κ1) is 8.21. The summed E-state index contributed by atoms with van der Waals surface area (Å²) in [5.41, 5.74) is 0. The minimum Gasteiger partial charge on any atom is -0.338 e. The summed E-state index contributed by atoms with van der Waals surface area (Å²) in [5.74, 6) is 0. The second-order valence-corrected chi connectivity index (χ2v) is 1.80. The Hall–Kier alpha value is -0.790. The molecule has 0 atom stereocenters. The van der Waals surface area contributed by atoms with E-state index < -0.39 is 0 Å². The molecule has 0 aliphatic rings. The lowest BCUT2D eigenvalue weighted by Gasteiger charge is -1.93. The average Bonchev–Trinajstić information content (AvgIpc) is 2.19. The highest BCUT2D eigenvalue weighted by molar-refractivity contribution is 4.73. The molecule has 1 heterocycles. The van der Waals surface area contributed by atoms with E-state index in [0.717, 1.165) is 6.54 Å². The van der Waals surface area contributed by atoms with Crippen LogP contribution in [0.3, 0.4) is 0 Å². The van der Waals surface area contributed by atoms with Crippen molar-refractivity contribution in [3.8, 4) is 0 Å². The molecule has 9 heavy (non-hydrogen) atoms. The number of hydrogen-bond donors (Lipinski definition) is 0. The van der Waals surface area contributed by atoms with Gasteiger partial charge in [-0.1, -0.05) is 14.4 Å². The van der Waals surface area contributed by atoms with Crippen molar-refractivity contribution in [3.05, 3.63) is 18.7 Å². The molecule has 0 amide bonds. The summed E-state index contributed by atoms with van der Waals surface area (Å²) < 4.78 is 2.07. The summed E-state index contributed by atoms with van der Waals surface area (Å²) in [6.07, 6.45) is 6.79. The van der Waals surface area contributed by atoms with Gasteiger partial charge in [0.2, 0.25) is 0 Å². The van der Waals surface area contributed by atoms with Crippen LogP contribution in [0, 0.1) is 0 Å². The van der Waals surface area contributed by atoms with E-state index in [0.29, 0.717) is 0 Å². The van der Waals surface area contributed by atoms with Crippen molar-refractivity contribution in [2.45, 2.75) is 27.3 Å². The Morgan fingerprint density at radius 2 is 2.33 bits per heavy atom. The van der Waals surface area contributed by atoms with Gasteiger partial charge in [0.05, 0.1) is 6.33 Å². The van der Waals surface area contributed by atoms with E-state index in [9.17, 15) is 0 Å². The lowest BCUT2D eigenvalue weighted by Crippen LogP contribution is -1.90. The van der Waals surface area contributed by atoms with E-state index in [1.807, 2.05) is 12.5 Å². The van der Waals surface area contributed by atoms with E-state index in [4.69, 9.17) is 0 Å². The third-order valence-electron chi connectivity index (χ3n) is 1.04. The first-order chi connectivity index (χ1) is 3.93. The van der Waals surface area contributed by atoms with Crippen molar-refractivity contribution >= 4 is 0 Å². The van der Waals surface area contributed by atoms with Crippen LogP contribution in [0.4, 0.5) is 0 Å². The van der Waals surface area contributed by atoms with E-state index in [1.165, 1.54) is 6.42 Å². The zero-order valence-corrected chi connectivity index (χ0v) is 5.04. The predicted octanol–water partition coefficient (Wildman–Crippen LogP) is 1.93. The fourth-order valence-electron chi connectivity index (χ4n) is 0.677. The molecule has 2 nitrogen and oxygen atoms in total. The minimum atomic E-state index is 0. The summed E-state index contributed by atoms with van der Waals surface area (Å²) in [6, 6.07) is 0. The largest absolute Gasteiger partial charge is 0.338 e. The van der Waals surface area contributed by atoms with Gasteiger partial charge in [-0.3, -0.25) is 0 Å². The van der Waals surface area contributed by atoms with Gasteiger partial charge >= 0.3 is 0 Å². The smallest absolute Gasteiger partial charge is 0.0945 e. The zero-order valence-electron chi connectivity index (χ0n) is 5.04. The molecule has 1 aromatic heterocycles. The Morgan fingerprint density at radius 3 is 2.78 bits per heavy atom. The van der Waals surface area contributed by atoms with Gasteiger partial charge in [0.1, 0.15) is 0 Å². The standard InChI is InChI=1S/C6H10N2.CH4/c1-2-4-8-5-3-7-6-8;/h3,5-6H,2,4H2,1H3;1H4. The molecule has 2 heteroatoms. The van der Waals surface area contributed by atoms with Gasteiger partial charge in [0.25, 0.3) is 0 Å². The van der Waals surface area contributed by atoms with Crippen molar-refractivity contribution < 1.29 is 0 Å². The van der Waals surface area contributed by atoms with Gasteiger partial charge in [-0.2, -0.15) is 0 Å². The van der Waals surface area contributed by atoms with Crippen molar-refractivity contribution in [3.63, 3.8) is 0 Å². The summed E-state index contributed by atoms with van der Waals surface area (Å²) in [6.45, 7) is 3.24. The molecule has 0 aromatic carbocycles. The topological polar surface area (TPSA) is 17.8 Å². The number of aryl methyl sites for hydroxylation is 1. The van der Waals surface area contributed by atoms with Gasteiger partial charge in [0, 0.05) is 18.9 Å². The molecular formula is C7H14N2. The summed E-state index contributed by atoms with van der Waals surface area (Å²) in [5, 5.41) is 0. The SMILES string of the molecule is C.CCCn1ccnc1. The van der Waals surface area contributed by atoms with Crippen molar-refractivity contribution in [2.24, 2.45) is 0 Å². The summed E-state index contributed by atoms with van der Waals surface area (Å²) in [7, 11) is 0. The molecule has 0 aliphatic carbocycles. The molecule has 1 aromatic rings. The molecule has 0 aliphatic heterocycles. The highest BCUT2D eigenvalue weighted by Crippen LogP contribution is 1.87. The van der Waals surface area contributed by atoms with E-state index in [2.05, 4.69) is 16.5 Å². The maximum absolute atomic E-state index is 3.90. The number of aromatic nitrogens is 2. The highest BCUT2D eigenvalue weighted by atomic mass is 15.0. The Labute approximate surface area is 56.5 Å². The van der Waals surface area contributed by atoms with Crippen LogP contribution in [0.1, 0.15) is 20.8 Å². The third kappa shape index (κ3) is 2.31. The minimum absolute atomic E-state index is 0. The Kier molecular flexibility index (Phi) is 3.76. The number of hydrogen-bond acceptors (Lipinski definition) is 1. The first-order valence-corrected chi connectivity index (χ1v) is 2.89. The van der Waals surface area contributed by atoms with Crippen LogP contribution in [-0.2, 0) is 6.54 Å². The molecule has 0 fully saturated rings. The van der Waals surface area contributed by atoms with Crippen LogP contribution in [0.2, 0.25) is 0 Å². The van der Waals surface area contributed by atoms with Gasteiger partial charge in [-0.25, -0.2) is 4.98 Å². The Morgan fingerprint density at radius 1 is 1.56 bits per heavy atom. The first-order valence-electron chi connectivity index (χ1n) is 2.89. The van der Waals surface area contributed by atoms with Crippen LogP contribution in [0.5, 0.6) is 0 Å². The van der Waals surface area contributed by atoms with Crippen LogP contribution >= 0.6 is 0 Å². The lowest BCUT2D eigenvalue weighted by molar-refractivity contribution is 0.678. The molecule has 52 valence electrons. The Bertz CT molecular complexity index is 133. The molecule has 0 N–H and O–H groups in total. The normalized spacial score (nSPS) is 8.56. The molecule has 0 unspecified atom stereocenters. The number of nitrogens with zero attached hydrogens (tertiary/aromatic N) is 2.